The van der Waals surface area contributed by atoms with E-state index in [-0.39, 0.29) is 12.3 Å². The minimum Gasteiger partial charge on any atom is -0.481 e. The van der Waals surface area contributed by atoms with Gasteiger partial charge in [-0.2, -0.15) is 0 Å². The first-order valence-corrected chi connectivity index (χ1v) is 6.38. The van der Waals surface area contributed by atoms with Crippen LogP contribution in [-0.2, 0) is 9.59 Å². The summed E-state index contributed by atoms with van der Waals surface area (Å²) in [6, 6.07) is 0. The van der Waals surface area contributed by atoms with Gasteiger partial charge in [0.25, 0.3) is 0 Å². The van der Waals surface area contributed by atoms with Gasteiger partial charge in [-0.05, 0) is 32.6 Å². The van der Waals surface area contributed by atoms with Gasteiger partial charge in [-0.25, -0.2) is 0 Å². The van der Waals surface area contributed by atoms with Crippen molar-refractivity contribution in [3.05, 3.63) is 0 Å². The molecule has 1 atom stereocenters. The molecule has 98 valence electrons. The predicted octanol–water partition coefficient (Wildman–Crippen LogP) is 2.14. The molecule has 0 radical (unpaired) electrons. The van der Waals surface area contributed by atoms with Gasteiger partial charge in [0.05, 0.1) is 5.41 Å². The van der Waals surface area contributed by atoms with Crippen molar-refractivity contribution >= 4 is 11.9 Å². The Morgan fingerprint density at radius 1 is 1.41 bits per heavy atom. The molecular formula is C13H23NO3. The van der Waals surface area contributed by atoms with Crippen molar-refractivity contribution in [1.82, 2.24) is 4.90 Å². The first kappa shape index (κ1) is 14.0. The number of amides is 1. The van der Waals surface area contributed by atoms with Crippen molar-refractivity contribution < 1.29 is 14.7 Å². The van der Waals surface area contributed by atoms with E-state index in [0.29, 0.717) is 5.92 Å². The number of nitrogens with zero attached hydrogens (tertiary/aromatic N) is 1. The van der Waals surface area contributed by atoms with Crippen LogP contribution in [0.4, 0.5) is 0 Å². The van der Waals surface area contributed by atoms with Crippen molar-refractivity contribution in [1.29, 1.82) is 0 Å². The SMILES string of the molecule is CCCC1CCN(C(=O)CC(C)(C)C(=O)O)C1. The lowest BCUT2D eigenvalue weighted by atomic mass is 9.89. The Morgan fingerprint density at radius 3 is 2.59 bits per heavy atom. The molecule has 1 fully saturated rings. The van der Waals surface area contributed by atoms with Crippen molar-refractivity contribution in [3.63, 3.8) is 0 Å². The number of carboxylic acid groups (broad SMARTS) is 1. The van der Waals surface area contributed by atoms with Crippen LogP contribution in [0.3, 0.4) is 0 Å². The molecule has 0 aromatic heterocycles. The van der Waals surface area contributed by atoms with Crippen molar-refractivity contribution in [2.45, 2.75) is 46.5 Å². The Bertz CT molecular complexity index is 299. The zero-order valence-electron chi connectivity index (χ0n) is 11.0. The van der Waals surface area contributed by atoms with Crippen LogP contribution in [0, 0.1) is 11.3 Å². The molecule has 0 spiro atoms. The van der Waals surface area contributed by atoms with Crippen LogP contribution in [-0.4, -0.2) is 35.0 Å². The van der Waals surface area contributed by atoms with Gasteiger partial charge >= 0.3 is 5.97 Å². The Balaban J connectivity index is 2.47. The number of aliphatic carboxylic acids is 1. The van der Waals surface area contributed by atoms with E-state index in [9.17, 15) is 9.59 Å². The fraction of sp³-hybridized carbons (Fsp3) is 0.846. The average molecular weight is 241 g/mol. The van der Waals surface area contributed by atoms with Crippen molar-refractivity contribution in [2.24, 2.45) is 11.3 Å². The highest BCUT2D eigenvalue weighted by Gasteiger charge is 2.34. The summed E-state index contributed by atoms with van der Waals surface area (Å²) in [7, 11) is 0. The lowest BCUT2D eigenvalue weighted by molar-refractivity contribution is -0.151. The molecule has 0 aromatic rings. The van der Waals surface area contributed by atoms with Gasteiger partial charge in [-0.15, -0.1) is 0 Å². The summed E-state index contributed by atoms with van der Waals surface area (Å²) < 4.78 is 0. The normalized spacial score (nSPS) is 20.6. The summed E-state index contributed by atoms with van der Waals surface area (Å²) in [5.41, 5.74) is -0.958. The van der Waals surface area contributed by atoms with E-state index in [1.54, 1.807) is 13.8 Å². The van der Waals surface area contributed by atoms with Gasteiger partial charge in [-0.1, -0.05) is 13.3 Å². The number of rotatable bonds is 5. The Hall–Kier alpha value is -1.06. The Kier molecular flexibility index (Phi) is 4.54. The maximum atomic E-state index is 12.0. The first-order chi connectivity index (χ1) is 7.86. The summed E-state index contributed by atoms with van der Waals surface area (Å²) in [5, 5.41) is 9.00. The van der Waals surface area contributed by atoms with E-state index in [2.05, 4.69) is 6.92 Å². The molecule has 1 amide bonds. The van der Waals surface area contributed by atoms with Gasteiger partial charge in [0.15, 0.2) is 0 Å². The summed E-state index contributed by atoms with van der Waals surface area (Å²) in [4.78, 5) is 24.8. The molecule has 1 heterocycles. The highest BCUT2D eigenvalue weighted by atomic mass is 16.4. The summed E-state index contributed by atoms with van der Waals surface area (Å²) >= 11 is 0. The van der Waals surface area contributed by atoms with Gasteiger partial charge < -0.3 is 10.0 Å². The minimum absolute atomic E-state index is 0.0176. The summed E-state index contributed by atoms with van der Waals surface area (Å²) in [5.74, 6) is -0.317. The summed E-state index contributed by atoms with van der Waals surface area (Å²) in [6.07, 6.45) is 3.47. The molecule has 0 aromatic carbocycles. The molecule has 4 heteroatoms. The molecule has 1 saturated heterocycles. The minimum atomic E-state index is -0.958. The number of carboxylic acids is 1. The molecule has 0 saturated carbocycles. The maximum Gasteiger partial charge on any atom is 0.309 e. The van der Waals surface area contributed by atoms with E-state index in [4.69, 9.17) is 5.11 Å². The molecule has 0 aliphatic carbocycles. The Morgan fingerprint density at radius 2 is 2.06 bits per heavy atom. The first-order valence-electron chi connectivity index (χ1n) is 6.38. The highest BCUT2D eigenvalue weighted by molar-refractivity contribution is 5.84. The van der Waals surface area contributed by atoms with Crippen LogP contribution in [0.2, 0.25) is 0 Å². The molecule has 1 rings (SSSR count). The third-order valence-electron chi connectivity index (χ3n) is 3.51. The van der Waals surface area contributed by atoms with Crippen molar-refractivity contribution in [3.8, 4) is 0 Å². The lowest BCUT2D eigenvalue weighted by Gasteiger charge is -2.23. The Labute approximate surface area is 103 Å². The summed E-state index contributed by atoms with van der Waals surface area (Å²) in [6.45, 7) is 6.96. The second-order valence-electron chi connectivity index (χ2n) is 5.65. The molecule has 1 aliphatic rings. The molecule has 4 nitrogen and oxygen atoms in total. The van der Waals surface area contributed by atoms with Gasteiger partial charge in [0, 0.05) is 19.5 Å². The molecular weight excluding hydrogens is 218 g/mol. The largest absolute Gasteiger partial charge is 0.481 e. The van der Waals surface area contributed by atoms with Crippen LogP contribution in [0.25, 0.3) is 0 Å². The van der Waals surface area contributed by atoms with Gasteiger partial charge in [0.2, 0.25) is 5.91 Å². The molecule has 1 unspecified atom stereocenters. The smallest absolute Gasteiger partial charge is 0.309 e. The van der Waals surface area contributed by atoms with E-state index in [1.807, 2.05) is 4.90 Å². The van der Waals surface area contributed by atoms with Crippen LogP contribution < -0.4 is 0 Å². The highest BCUT2D eigenvalue weighted by Crippen LogP contribution is 2.26. The van der Waals surface area contributed by atoms with Crippen LogP contribution in [0.5, 0.6) is 0 Å². The molecule has 1 N–H and O–H groups in total. The van der Waals surface area contributed by atoms with E-state index in [1.165, 1.54) is 0 Å². The zero-order chi connectivity index (χ0) is 13.1. The van der Waals surface area contributed by atoms with Crippen LogP contribution in [0.1, 0.15) is 46.5 Å². The number of hydrogen-bond acceptors (Lipinski definition) is 2. The standard InChI is InChI=1S/C13H23NO3/c1-4-5-10-6-7-14(9-10)11(15)8-13(2,3)12(16)17/h10H,4-9H2,1-3H3,(H,16,17). The number of carbonyl (C=O) groups excluding carboxylic acids is 1. The second kappa shape index (κ2) is 5.52. The fourth-order valence-electron chi connectivity index (χ4n) is 2.27. The van der Waals surface area contributed by atoms with Gasteiger partial charge in [0.1, 0.15) is 0 Å². The predicted molar refractivity (Wildman–Crippen MR) is 65.6 cm³/mol. The zero-order valence-corrected chi connectivity index (χ0v) is 11.0. The third-order valence-corrected chi connectivity index (χ3v) is 3.51. The van der Waals surface area contributed by atoms with Crippen LogP contribution >= 0.6 is 0 Å². The molecule has 17 heavy (non-hydrogen) atoms. The van der Waals surface area contributed by atoms with E-state index < -0.39 is 11.4 Å². The number of likely N-dealkylation sites (tertiary alicyclic amines) is 1. The van der Waals surface area contributed by atoms with Gasteiger partial charge in [-0.3, -0.25) is 9.59 Å². The number of hydrogen-bond donors (Lipinski definition) is 1. The quantitative estimate of drug-likeness (QED) is 0.802. The second-order valence-corrected chi connectivity index (χ2v) is 5.65. The van der Waals surface area contributed by atoms with Crippen molar-refractivity contribution in [2.75, 3.05) is 13.1 Å². The monoisotopic (exact) mass is 241 g/mol. The fourth-order valence-corrected chi connectivity index (χ4v) is 2.27. The lowest BCUT2D eigenvalue weighted by Crippen LogP contribution is -2.35. The van der Waals surface area contributed by atoms with Crippen LogP contribution in [0.15, 0.2) is 0 Å². The number of carbonyl (C=O) groups is 2. The molecule has 0 bridgehead atoms. The van der Waals surface area contributed by atoms with E-state index in [0.717, 1.165) is 32.4 Å². The topological polar surface area (TPSA) is 57.6 Å². The third kappa shape index (κ3) is 3.72. The average Bonchev–Trinajstić information content (AvgIpc) is 2.66. The maximum absolute atomic E-state index is 12.0. The molecule has 1 aliphatic heterocycles. The van der Waals surface area contributed by atoms with E-state index >= 15 is 0 Å².